The number of nitrogens with two attached hydrogens (primary N) is 1. The molecule has 0 aliphatic heterocycles. The highest BCUT2D eigenvalue weighted by Crippen LogP contribution is 2.24. The number of aromatic nitrogens is 2. The predicted octanol–water partition coefficient (Wildman–Crippen LogP) is 1.26. The lowest BCUT2D eigenvalue weighted by molar-refractivity contribution is 0.101. The molecular weight excluding hydrogens is 232 g/mol. The highest BCUT2D eigenvalue weighted by Gasteiger charge is 2.12. The van der Waals surface area contributed by atoms with E-state index in [0.29, 0.717) is 22.9 Å². The molecule has 1 aromatic carbocycles. The number of nitrogen functional groups attached to an aromatic ring is 1. The number of hydrogen-bond donors (Lipinski definition) is 2. The van der Waals surface area contributed by atoms with Gasteiger partial charge in [0.1, 0.15) is 5.75 Å². The first-order valence-corrected chi connectivity index (χ1v) is 5.34. The van der Waals surface area contributed by atoms with Crippen LogP contribution >= 0.6 is 0 Å². The largest absolute Gasteiger partial charge is 0.497 e. The van der Waals surface area contributed by atoms with Gasteiger partial charge in [-0.3, -0.25) is 4.79 Å². The van der Waals surface area contributed by atoms with E-state index in [1.165, 1.54) is 0 Å². The molecule has 18 heavy (non-hydrogen) atoms. The van der Waals surface area contributed by atoms with Crippen LogP contribution in [0.15, 0.2) is 30.6 Å². The third-order valence-corrected chi connectivity index (χ3v) is 2.53. The first-order chi connectivity index (χ1) is 8.61. The van der Waals surface area contributed by atoms with Gasteiger partial charge in [0.05, 0.1) is 18.5 Å². The zero-order valence-corrected chi connectivity index (χ0v) is 10.2. The molecule has 0 atom stereocenters. The van der Waals surface area contributed by atoms with Crippen molar-refractivity contribution >= 4 is 17.3 Å². The summed E-state index contributed by atoms with van der Waals surface area (Å²) >= 11 is 0. The number of amides is 1. The van der Waals surface area contributed by atoms with Crippen molar-refractivity contribution in [2.24, 2.45) is 7.05 Å². The van der Waals surface area contributed by atoms with Crippen molar-refractivity contribution in [3.63, 3.8) is 0 Å². The second kappa shape index (κ2) is 4.79. The summed E-state index contributed by atoms with van der Waals surface area (Å²) in [7, 11) is 3.30. The van der Waals surface area contributed by atoms with Crippen molar-refractivity contribution in [3.05, 3.63) is 36.4 Å². The number of benzene rings is 1. The first kappa shape index (κ1) is 12.0. The molecule has 1 amide bonds. The van der Waals surface area contributed by atoms with Gasteiger partial charge in [-0.15, -0.1) is 0 Å². The minimum atomic E-state index is -0.317. The summed E-state index contributed by atoms with van der Waals surface area (Å²) in [6.07, 6.45) is 3.26. The highest BCUT2D eigenvalue weighted by molar-refractivity contribution is 6.03. The third kappa shape index (κ3) is 2.27. The lowest BCUT2D eigenvalue weighted by atomic mass is 10.2. The zero-order valence-electron chi connectivity index (χ0n) is 10.2. The normalized spacial score (nSPS) is 10.1. The van der Waals surface area contributed by atoms with Crippen LogP contribution in [0.2, 0.25) is 0 Å². The molecule has 6 heteroatoms. The Morgan fingerprint density at radius 3 is 2.89 bits per heavy atom. The van der Waals surface area contributed by atoms with Gasteiger partial charge in [-0.2, -0.15) is 0 Å². The minimum Gasteiger partial charge on any atom is -0.497 e. The molecule has 94 valence electrons. The number of anilines is 2. The lowest BCUT2D eigenvalue weighted by Gasteiger charge is -2.09. The second-order valence-corrected chi connectivity index (χ2v) is 3.77. The molecule has 1 aromatic heterocycles. The molecule has 0 radical (unpaired) electrons. The number of rotatable bonds is 3. The number of nitrogens with zero attached hydrogens (tertiary/aromatic N) is 2. The summed E-state index contributed by atoms with van der Waals surface area (Å²) in [6, 6.07) is 5.06. The summed E-state index contributed by atoms with van der Waals surface area (Å²) in [5.41, 5.74) is 6.76. The van der Waals surface area contributed by atoms with Crippen molar-refractivity contribution in [2.45, 2.75) is 0 Å². The maximum absolute atomic E-state index is 12.0. The van der Waals surface area contributed by atoms with E-state index in [1.54, 1.807) is 49.3 Å². The number of methoxy groups -OCH3 is 1. The summed E-state index contributed by atoms with van der Waals surface area (Å²) in [5.74, 6) is 0.624. The predicted molar refractivity (Wildman–Crippen MR) is 68.6 cm³/mol. The molecule has 0 fully saturated rings. The smallest absolute Gasteiger partial charge is 0.291 e. The maximum atomic E-state index is 12.0. The van der Waals surface area contributed by atoms with E-state index in [4.69, 9.17) is 10.5 Å². The molecule has 0 saturated carbocycles. The van der Waals surface area contributed by atoms with Crippen LogP contribution in [0.3, 0.4) is 0 Å². The number of ether oxygens (including phenoxy) is 1. The van der Waals surface area contributed by atoms with Crippen LogP contribution < -0.4 is 15.8 Å². The number of aryl methyl sites for hydroxylation is 1. The van der Waals surface area contributed by atoms with Gasteiger partial charge in [0.15, 0.2) is 5.82 Å². The monoisotopic (exact) mass is 246 g/mol. The average molecular weight is 246 g/mol. The van der Waals surface area contributed by atoms with Crippen molar-refractivity contribution < 1.29 is 9.53 Å². The molecule has 0 unspecified atom stereocenters. The number of nitrogens with one attached hydrogen (secondary N) is 1. The van der Waals surface area contributed by atoms with Gasteiger partial charge in [0, 0.05) is 25.5 Å². The number of imidazole rings is 1. The van der Waals surface area contributed by atoms with Gasteiger partial charge in [0.2, 0.25) is 0 Å². The number of hydrogen-bond acceptors (Lipinski definition) is 4. The van der Waals surface area contributed by atoms with Crippen molar-refractivity contribution in [3.8, 4) is 5.75 Å². The highest BCUT2D eigenvalue weighted by atomic mass is 16.5. The van der Waals surface area contributed by atoms with Crippen LogP contribution in [0, 0.1) is 0 Å². The fourth-order valence-electron chi connectivity index (χ4n) is 1.53. The molecule has 0 aliphatic rings. The molecule has 3 N–H and O–H groups in total. The Hall–Kier alpha value is -2.50. The van der Waals surface area contributed by atoms with E-state index in [2.05, 4.69) is 10.3 Å². The van der Waals surface area contributed by atoms with Gasteiger partial charge < -0.3 is 20.4 Å². The van der Waals surface area contributed by atoms with Crippen LogP contribution in [0.5, 0.6) is 5.75 Å². The Labute approximate surface area is 104 Å². The van der Waals surface area contributed by atoms with Crippen LogP contribution in [0.25, 0.3) is 0 Å². The fraction of sp³-hybridized carbons (Fsp3) is 0.167. The Balaban J connectivity index is 2.24. The van der Waals surface area contributed by atoms with Crippen LogP contribution in [0.1, 0.15) is 10.6 Å². The average Bonchev–Trinajstić information content (AvgIpc) is 2.78. The van der Waals surface area contributed by atoms with Gasteiger partial charge in [-0.05, 0) is 12.1 Å². The van der Waals surface area contributed by atoms with Crippen LogP contribution in [0.4, 0.5) is 11.4 Å². The van der Waals surface area contributed by atoms with Crippen LogP contribution in [-0.4, -0.2) is 22.6 Å². The molecule has 2 rings (SSSR count). The minimum absolute atomic E-state index is 0.317. The first-order valence-electron chi connectivity index (χ1n) is 5.34. The quantitative estimate of drug-likeness (QED) is 0.799. The van der Waals surface area contributed by atoms with Crippen LogP contribution in [-0.2, 0) is 7.05 Å². The SMILES string of the molecule is COc1ccc(N)c(NC(=O)c2nccn2C)c1. The number of carbonyl (C=O) groups is 1. The summed E-state index contributed by atoms with van der Waals surface area (Å²) in [4.78, 5) is 15.9. The molecule has 6 nitrogen and oxygen atoms in total. The summed E-state index contributed by atoms with van der Waals surface area (Å²) in [5, 5.41) is 2.70. The van der Waals surface area contributed by atoms with E-state index < -0.39 is 0 Å². The van der Waals surface area contributed by atoms with Crippen molar-refractivity contribution in [2.75, 3.05) is 18.2 Å². The summed E-state index contributed by atoms with van der Waals surface area (Å²) < 4.78 is 6.71. The van der Waals surface area contributed by atoms with Gasteiger partial charge in [0.25, 0.3) is 5.91 Å². The third-order valence-electron chi connectivity index (χ3n) is 2.53. The summed E-state index contributed by atoms with van der Waals surface area (Å²) in [6.45, 7) is 0. The van der Waals surface area contributed by atoms with Crippen molar-refractivity contribution in [1.29, 1.82) is 0 Å². The standard InChI is InChI=1S/C12H14N4O2/c1-16-6-5-14-11(16)12(17)15-10-7-8(18-2)3-4-9(10)13/h3-7H,13H2,1-2H3,(H,15,17). The molecule has 1 heterocycles. The van der Waals surface area contributed by atoms with E-state index in [0.717, 1.165) is 0 Å². The molecule has 2 aromatic rings. The number of carbonyl (C=O) groups excluding carboxylic acids is 1. The Bertz CT molecular complexity index is 577. The lowest BCUT2D eigenvalue weighted by Crippen LogP contribution is -2.17. The molecular formula is C12H14N4O2. The maximum Gasteiger partial charge on any atom is 0.291 e. The van der Waals surface area contributed by atoms with E-state index in [-0.39, 0.29) is 5.91 Å². The Kier molecular flexibility index (Phi) is 3.18. The van der Waals surface area contributed by atoms with E-state index >= 15 is 0 Å². The van der Waals surface area contributed by atoms with Gasteiger partial charge >= 0.3 is 0 Å². The second-order valence-electron chi connectivity index (χ2n) is 3.77. The topological polar surface area (TPSA) is 82.2 Å². The Morgan fingerprint density at radius 1 is 1.50 bits per heavy atom. The molecule has 0 aliphatic carbocycles. The van der Waals surface area contributed by atoms with Gasteiger partial charge in [-0.1, -0.05) is 0 Å². The van der Waals surface area contributed by atoms with E-state index in [9.17, 15) is 4.79 Å². The van der Waals surface area contributed by atoms with E-state index in [1.807, 2.05) is 0 Å². The van der Waals surface area contributed by atoms with Crippen molar-refractivity contribution in [1.82, 2.24) is 9.55 Å². The van der Waals surface area contributed by atoms with Gasteiger partial charge in [-0.25, -0.2) is 4.98 Å². The molecule has 0 bridgehead atoms. The molecule has 0 spiro atoms. The Morgan fingerprint density at radius 2 is 2.28 bits per heavy atom. The molecule has 0 saturated heterocycles. The zero-order chi connectivity index (χ0) is 13.1. The fourth-order valence-corrected chi connectivity index (χ4v) is 1.53.